The maximum atomic E-state index is 13.2. The Morgan fingerprint density at radius 3 is 2.76 bits per heavy atom. The number of rotatable bonds is 3. The monoisotopic (exact) mass is 410 g/mol. The van der Waals surface area contributed by atoms with E-state index in [0.29, 0.717) is 29.8 Å². The Kier molecular flexibility index (Phi) is 4.83. The van der Waals surface area contributed by atoms with Gasteiger partial charge in [-0.3, -0.25) is 4.79 Å². The lowest BCUT2D eigenvalue weighted by Gasteiger charge is -2.32. The minimum atomic E-state index is -0.126. The highest BCUT2D eigenvalue weighted by Gasteiger charge is 2.30. The molecule has 0 bridgehead atoms. The first-order valence-corrected chi connectivity index (χ1v) is 10.6. The molecule has 2 aliphatic heterocycles. The third-order valence-electron chi connectivity index (χ3n) is 5.83. The Morgan fingerprint density at radius 1 is 1.10 bits per heavy atom. The summed E-state index contributed by atoms with van der Waals surface area (Å²) in [5.74, 6) is 1.59. The lowest BCUT2D eigenvalue weighted by atomic mass is 9.97. The van der Waals surface area contributed by atoms with E-state index in [1.54, 1.807) is 6.20 Å². The molecule has 29 heavy (non-hydrogen) atoms. The molecule has 0 aliphatic carbocycles. The van der Waals surface area contributed by atoms with E-state index in [1.807, 2.05) is 29.2 Å². The van der Waals surface area contributed by atoms with Gasteiger partial charge in [0.1, 0.15) is 5.82 Å². The van der Waals surface area contributed by atoms with E-state index >= 15 is 0 Å². The number of likely N-dealkylation sites (tertiary alicyclic amines) is 1. The Balaban J connectivity index is 1.37. The smallest absolute Gasteiger partial charge is 0.274 e. The summed E-state index contributed by atoms with van der Waals surface area (Å²) in [5, 5.41) is 0.309. The lowest BCUT2D eigenvalue weighted by Crippen LogP contribution is -2.40. The van der Waals surface area contributed by atoms with Gasteiger partial charge in [-0.05, 0) is 37.8 Å². The van der Waals surface area contributed by atoms with Crippen LogP contribution >= 0.6 is 11.6 Å². The molecule has 5 rings (SSSR count). The van der Waals surface area contributed by atoms with Crippen molar-refractivity contribution >= 4 is 34.5 Å². The molecule has 1 aromatic carbocycles. The van der Waals surface area contributed by atoms with Gasteiger partial charge in [-0.2, -0.15) is 0 Å². The molecule has 2 aliphatic rings. The van der Waals surface area contributed by atoms with Crippen LogP contribution in [-0.2, 0) is 0 Å². The number of halogens is 1. The fraction of sp³-hybridized carbons (Fsp3) is 0.429. The second-order valence-corrected chi connectivity index (χ2v) is 8.20. The standard InChI is InChI=1S/C21H23ClN6O/c22-15-12-23-21(27-9-3-4-10-27)26-18(15)20(29)28-11-5-6-14(13-28)19-24-16-7-1-2-8-17(16)25-19/h1-2,7-8,12,14H,3-6,9-11,13H2,(H,24,25). The van der Waals surface area contributed by atoms with Crippen LogP contribution < -0.4 is 4.90 Å². The van der Waals surface area contributed by atoms with E-state index in [4.69, 9.17) is 16.6 Å². The van der Waals surface area contributed by atoms with Crippen LogP contribution in [0.4, 0.5) is 5.95 Å². The van der Waals surface area contributed by atoms with Crippen molar-refractivity contribution in [2.75, 3.05) is 31.1 Å². The first-order chi connectivity index (χ1) is 14.2. The van der Waals surface area contributed by atoms with Crippen LogP contribution in [0, 0.1) is 0 Å². The molecular formula is C21H23ClN6O. The Labute approximate surface area is 174 Å². The number of nitrogens with zero attached hydrogens (tertiary/aromatic N) is 5. The number of para-hydroxylation sites is 2. The maximum Gasteiger partial charge on any atom is 0.274 e. The third kappa shape index (κ3) is 3.55. The minimum Gasteiger partial charge on any atom is -0.342 e. The van der Waals surface area contributed by atoms with Crippen molar-refractivity contribution in [3.05, 3.63) is 47.0 Å². The number of fused-ring (bicyclic) bond motifs is 1. The normalized spacial score (nSPS) is 19.8. The van der Waals surface area contributed by atoms with Crippen molar-refractivity contribution in [1.82, 2.24) is 24.8 Å². The van der Waals surface area contributed by atoms with Crippen LogP contribution in [0.25, 0.3) is 11.0 Å². The van der Waals surface area contributed by atoms with Crippen LogP contribution in [0.5, 0.6) is 0 Å². The van der Waals surface area contributed by atoms with Gasteiger partial charge in [0.05, 0.1) is 22.3 Å². The molecule has 1 N–H and O–H groups in total. The number of carbonyl (C=O) groups excluding carboxylic acids is 1. The molecule has 0 radical (unpaired) electrons. The molecule has 0 spiro atoms. The van der Waals surface area contributed by atoms with Gasteiger partial charge in [0.25, 0.3) is 5.91 Å². The van der Waals surface area contributed by atoms with Crippen LogP contribution in [0.3, 0.4) is 0 Å². The number of aromatic nitrogens is 4. The van der Waals surface area contributed by atoms with E-state index < -0.39 is 0 Å². The van der Waals surface area contributed by atoms with Gasteiger partial charge in [-0.15, -0.1) is 0 Å². The molecule has 8 heteroatoms. The summed E-state index contributed by atoms with van der Waals surface area (Å²) in [6, 6.07) is 8.01. The molecule has 2 fully saturated rings. The molecule has 1 unspecified atom stereocenters. The first kappa shape index (κ1) is 18.4. The molecule has 2 saturated heterocycles. The average Bonchev–Trinajstić information content (AvgIpc) is 3.44. The number of H-pyrrole nitrogens is 1. The third-order valence-corrected chi connectivity index (χ3v) is 6.10. The van der Waals surface area contributed by atoms with E-state index in [2.05, 4.69) is 19.9 Å². The van der Waals surface area contributed by atoms with Crippen molar-refractivity contribution < 1.29 is 4.79 Å². The van der Waals surface area contributed by atoms with Gasteiger partial charge in [-0.25, -0.2) is 15.0 Å². The van der Waals surface area contributed by atoms with Crippen molar-refractivity contribution in [2.24, 2.45) is 0 Å². The number of imidazole rings is 1. The summed E-state index contributed by atoms with van der Waals surface area (Å²) in [7, 11) is 0. The summed E-state index contributed by atoms with van der Waals surface area (Å²) in [6.45, 7) is 3.16. The van der Waals surface area contributed by atoms with E-state index in [-0.39, 0.29) is 11.8 Å². The molecule has 150 valence electrons. The van der Waals surface area contributed by atoms with Crippen LogP contribution in [-0.4, -0.2) is 56.9 Å². The average molecular weight is 411 g/mol. The van der Waals surface area contributed by atoms with Crippen LogP contribution in [0.2, 0.25) is 5.02 Å². The van der Waals surface area contributed by atoms with Crippen LogP contribution in [0.1, 0.15) is 47.9 Å². The molecule has 3 aromatic rings. The lowest BCUT2D eigenvalue weighted by molar-refractivity contribution is 0.0699. The van der Waals surface area contributed by atoms with E-state index in [0.717, 1.165) is 55.6 Å². The molecule has 7 nitrogen and oxygen atoms in total. The number of piperidine rings is 1. The van der Waals surface area contributed by atoms with Gasteiger partial charge in [-0.1, -0.05) is 23.7 Å². The molecule has 2 aromatic heterocycles. The quantitative estimate of drug-likeness (QED) is 0.713. The topological polar surface area (TPSA) is 78.0 Å². The highest BCUT2D eigenvalue weighted by Crippen LogP contribution is 2.29. The van der Waals surface area contributed by atoms with Crippen molar-refractivity contribution in [3.8, 4) is 0 Å². The number of aromatic amines is 1. The summed E-state index contributed by atoms with van der Waals surface area (Å²) in [5.41, 5.74) is 2.29. The Morgan fingerprint density at radius 2 is 1.93 bits per heavy atom. The van der Waals surface area contributed by atoms with Crippen LogP contribution in [0.15, 0.2) is 30.5 Å². The molecule has 1 amide bonds. The first-order valence-electron chi connectivity index (χ1n) is 10.2. The number of amides is 1. The zero-order chi connectivity index (χ0) is 19.8. The van der Waals surface area contributed by atoms with Crippen molar-refractivity contribution in [1.29, 1.82) is 0 Å². The second kappa shape index (κ2) is 7.63. The number of hydrogen-bond acceptors (Lipinski definition) is 5. The summed E-state index contributed by atoms with van der Waals surface area (Å²) in [6.07, 6.45) is 5.73. The number of anilines is 1. The highest BCUT2D eigenvalue weighted by atomic mass is 35.5. The highest BCUT2D eigenvalue weighted by molar-refractivity contribution is 6.33. The predicted molar refractivity (Wildman–Crippen MR) is 112 cm³/mol. The fourth-order valence-corrected chi connectivity index (χ4v) is 4.45. The Bertz CT molecular complexity index is 1010. The molecule has 1 atom stereocenters. The van der Waals surface area contributed by atoms with E-state index in [1.165, 1.54) is 0 Å². The van der Waals surface area contributed by atoms with Gasteiger partial charge in [0, 0.05) is 32.1 Å². The van der Waals surface area contributed by atoms with E-state index in [9.17, 15) is 4.79 Å². The largest absolute Gasteiger partial charge is 0.342 e. The summed E-state index contributed by atoms with van der Waals surface area (Å²) >= 11 is 6.31. The maximum absolute atomic E-state index is 13.2. The number of benzene rings is 1. The van der Waals surface area contributed by atoms with Gasteiger partial charge in [0.2, 0.25) is 5.95 Å². The zero-order valence-corrected chi connectivity index (χ0v) is 16.9. The van der Waals surface area contributed by atoms with Gasteiger partial charge in [0.15, 0.2) is 5.69 Å². The number of nitrogens with one attached hydrogen (secondary N) is 1. The molecule has 0 saturated carbocycles. The Hall–Kier alpha value is -2.67. The number of carbonyl (C=O) groups is 1. The summed E-state index contributed by atoms with van der Waals surface area (Å²) in [4.78, 5) is 34.2. The summed E-state index contributed by atoms with van der Waals surface area (Å²) < 4.78 is 0. The SMILES string of the molecule is O=C(c1nc(N2CCCC2)ncc1Cl)N1CCCC(c2nc3ccccc3[nH]2)C1. The van der Waals surface area contributed by atoms with Gasteiger partial charge < -0.3 is 14.8 Å². The minimum absolute atomic E-state index is 0.126. The predicted octanol–water partition coefficient (Wildman–Crippen LogP) is 3.63. The van der Waals surface area contributed by atoms with Gasteiger partial charge >= 0.3 is 0 Å². The second-order valence-electron chi connectivity index (χ2n) is 7.79. The number of hydrogen-bond donors (Lipinski definition) is 1. The fourth-order valence-electron chi connectivity index (χ4n) is 4.28. The van der Waals surface area contributed by atoms with Crippen molar-refractivity contribution in [2.45, 2.75) is 31.6 Å². The zero-order valence-electron chi connectivity index (χ0n) is 16.1. The molecular weight excluding hydrogens is 388 g/mol. The molecule has 4 heterocycles. The van der Waals surface area contributed by atoms with Crippen molar-refractivity contribution in [3.63, 3.8) is 0 Å².